The molecule has 132 valence electrons. The van der Waals surface area contributed by atoms with E-state index in [0.29, 0.717) is 0 Å². The predicted octanol–water partition coefficient (Wildman–Crippen LogP) is 7.26. The third kappa shape index (κ3) is 5.51. The number of hydrogen-bond donors (Lipinski definition) is 0. The zero-order valence-electron chi connectivity index (χ0n) is 15.8. The number of hydrogen-bond acceptors (Lipinski definition) is 1. The molecular weight excluding hydrogens is 278 g/mol. The van der Waals surface area contributed by atoms with Crippen LogP contribution in [-0.4, -0.2) is 0 Å². The molecule has 1 nitrogen and oxygen atoms in total. The molecule has 23 heavy (non-hydrogen) atoms. The molecule has 1 heteroatoms. The summed E-state index contributed by atoms with van der Waals surface area (Å²) in [6.07, 6.45) is 20.1. The van der Waals surface area contributed by atoms with Gasteiger partial charge in [0.25, 0.3) is 0 Å². The van der Waals surface area contributed by atoms with Crippen molar-refractivity contribution in [2.45, 2.75) is 110 Å². The SMILES string of the molecule is CCCCCCCC1(C#N)CCCC([C@H]2CC[C@H](CC)CC2)C1. The molecule has 0 heterocycles. The molecule has 2 rings (SSSR count). The Hall–Kier alpha value is -0.510. The van der Waals surface area contributed by atoms with Crippen molar-refractivity contribution in [3.8, 4) is 6.07 Å². The molecule has 2 atom stereocenters. The molecule has 2 unspecified atom stereocenters. The monoisotopic (exact) mass is 317 g/mol. The zero-order chi connectivity index (χ0) is 16.5. The van der Waals surface area contributed by atoms with Gasteiger partial charge in [0, 0.05) is 0 Å². The van der Waals surface area contributed by atoms with Gasteiger partial charge < -0.3 is 0 Å². The Bertz CT molecular complexity index is 361. The Morgan fingerprint density at radius 2 is 1.65 bits per heavy atom. The molecule has 0 aromatic heterocycles. The van der Waals surface area contributed by atoms with Crippen molar-refractivity contribution in [1.29, 1.82) is 5.26 Å². The Balaban J connectivity index is 1.81. The van der Waals surface area contributed by atoms with Gasteiger partial charge in [0.05, 0.1) is 11.5 Å². The van der Waals surface area contributed by atoms with Gasteiger partial charge >= 0.3 is 0 Å². The highest BCUT2D eigenvalue weighted by atomic mass is 14.5. The van der Waals surface area contributed by atoms with E-state index in [1.165, 1.54) is 96.3 Å². The van der Waals surface area contributed by atoms with Gasteiger partial charge in [-0.1, -0.05) is 78.1 Å². The second kappa shape index (κ2) is 9.71. The van der Waals surface area contributed by atoms with Crippen LogP contribution in [0.25, 0.3) is 0 Å². The Labute approximate surface area is 145 Å². The van der Waals surface area contributed by atoms with E-state index in [-0.39, 0.29) is 5.41 Å². The molecule has 0 saturated heterocycles. The van der Waals surface area contributed by atoms with Gasteiger partial charge in [-0.25, -0.2) is 0 Å². The molecule has 2 saturated carbocycles. The molecule has 0 amide bonds. The van der Waals surface area contributed by atoms with E-state index >= 15 is 0 Å². The summed E-state index contributed by atoms with van der Waals surface area (Å²) in [5.41, 5.74) is 0.0384. The first-order chi connectivity index (χ1) is 11.2. The Morgan fingerprint density at radius 3 is 2.30 bits per heavy atom. The van der Waals surface area contributed by atoms with E-state index in [0.717, 1.165) is 17.8 Å². The molecule has 0 bridgehead atoms. The molecule has 2 aliphatic rings. The van der Waals surface area contributed by atoms with Crippen molar-refractivity contribution < 1.29 is 0 Å². The summed E-state index contributed by atoms with van der Waals surface area (Å²) >= 11 is 0. The second-order valence-corrected chi connectivity index (χ2v) is 8.60. The first-order valence-electron chi connectivity index (χ1n) is 10.6. The molecule has 0 aromatic carbocycles. The van der Waals surface area contributed by atoms with Crippen LogP contribution in [0.1, 0.15) is 110 Å². The fourth-order valence-electron chi connectivity index (χ4n) is 5.33. The van der Waals surface area contributed by atoms with E-state index in [9.17, 15) is 5.26 Å². The molecule has 0 spiro atoms. The normalized spacial score (nSPS) is 34.9. The van der Waals surface area contributed by atoms with Crippen molar-refractivity contribution in [3.63, 3.8) is 0 Å². The second-order valence-electron chi connectivity index (χ2n) is 8.60. The predicted molar refractivity (Wildman–Crippen MR) is 99.1 cm³/mol. The lowest BCUT2D eigenvalue weighted by atomic mass is 9.62. The average molecular weight is 318 g/mol. The summed E-state index contributed by atoms with van der Waals surface area (Å²) in [5, 5.41) is 9.89. The fraction of sp³-hybridized carbons (Fsp3) is 0.955. The van der Waals surface area contributed by atoms with Crippen molar-refractivity contribution in [3.05, 3.63) is 0 Å². The largest absolute Gasteiger partial charge is 0.198 e. The van der Waals surface area contributed by atoms with Crippen molar-refractivity contribution in [2.75, 3.05) is 0 Å². The van der Waals surface area contributed by atoms with Gasteiger partial charge in [-0.05, 0) is 49.9 Å². The summed E-state index contributed by atoms with van der Waals surface area (Å²) in [6.45, 7) is 4.63. The van der Waals surface area contributed by atoms with E-state index in [1.54, 1.807) is 0 Å². The van der Waals surface area contributed by atoms with Crippen LogP contribution >= 0.6 is 0 Å². The van der Waals surface area contributed by atoms with Crippen LogP contribution in [0.2, 0.25) is 0 Å². The van der Waals surface area contributed by atoms with Crippen LogP contribution < -0.4 is 0 Å². The average Bonchev–Trinajstić information content (AvgIpc) is 2.62. The minimum Gasteiger partial charge on any atom is -0.198 e. The molecule has 0 radical (unpaired) electrons. The minimum atomic E-state index is 0.0384. The van der Waals surface area contributed by atoms with E-state index in [1.807, 2.05) is 0 Å². The third-order valence-electron chi connectivity index (χ3n) is 7.01. The summed E-state index contributed by atoms with van der Waals surface area (Å²) in [5.74, 6) is 2.79. The molecule has 0 N–H and O–H groups in total. The fourth-order valence-corrected chi connectivity index (χ4v) is 5.33. The highest BCUT2D eigenvalue weighted by Gasteiger charge is 2.39. The molecule has 0 aliphatic heterocycles. The maximum Gasteiger partial charge on any atom is 0.0689 e. The van der Waals surface area contributed by atoms with E-state index < -0.39 is 0 Å². The van der Waals surface area contributed by atoms with Crippen molar-refractivity contribution >= 4 is 0 Å². The zero-order valence-corrected chi connectivity index (χ0v) is 15.8. The first-order valence-corrected chi connectivity index (χ1v) is 10.6. The summed E-state index contributed by atoms with van der Waals surface area (Å²) in [7, 11) is 0. The number of nitrogens with zero attached hydrogens (tertiary/aromatic N) is 1. The summed E-state index contributed by atoms with van der Waals surface area (Å²) < 4.78 is 0. The van der Waals surface area contributed by atoms with Crippen LogP contribution in [0.3, 0.4) is 0 Å². The van der Waals surface area contributed by atoms with Crippen LogP contribution in [0.5, 0.6) is 0 Å². The third-order valence-corrected chi connectivity index (χ3v) is 7.01. The lowest BCUT2D eigenvalue weighted by molar-refractivity contribution is 0.103. The topological polar surface area (TPSA) is 23.8 Å². The first kappa shape index (κ1) is 18.8. The van der Waals surface area contributed by atoms with E-state index in [2.05, 4.69) is 19.9 Å². The summed E-state index contributed by atoms with van der Waals surface area (Å²) in [6, 6.07) is 2.80. The maximum atomic E-state index is 9.89. The highest BCUT2D eigenvalue weighted by molar-refractivity contribution is 5.03. The van der Waals surface area contributed by atoms with Crippen LogP contribution in [-0.2, 0) is 0 Å². The molecular formula is C22H39N. The van der Waals surface area contributed by atoms with Crippen LogP contribution in [0.4, 0.5) is 0 Å². The van der Waals surface area contributed by atoms with Crippen molar-refractivity contribution in [1.82, 2.24) is 0 Å². The highest BCUT2D eigenvalue weighted by Crippen LogP contribution is 2.48. The van der Waals surface area contributed by atoms with Gasteiger partial charge in [-0.2, -0.15) is 5.26 Å². The van der Waals surface area contributed by atoms with Crippen LogP contribution in [0, 0.1) is 34.5 Å². The number of nitriles is 1. The number of rotatable bonds is 8. The van der Waals surface area contributed by atoms with Gasteiger partial charge in [0.15, 0.2) is 0 Å². The van der Waals surface area contributed by atoms with Crippen molar-refractivity contribution in [2.24, 2.45) is 23.2 Å². The minimum absolute atomic E-state index is 0.0384. The van der Waals surface area contributed by atoms with Gasteiger partial charge in [0.2, 0.25) is 0 Å². The Kier molecular flexibility index (Phi) is 7.94. The standard InChI is InChI=1S/C22H39N/c1-3-5-6-7-8-15-22(18-23)16-9-10-21(17-22)20-13-11-19(4-2)12-14-20/h19-21H,3-17H2,1-2H3/t19-,20-,21?,22?. The summed E-state index contributed by atoms with van der Waals surface area (Å²) in [4.78, 5) is 0. The molecule has 0 aromatic rings. The van der Waals surface area contributed by atoms with Gasteiger partial charge in [-0.15, -0.1) is 0 Å². The van der Waals surface area contributed by atoms with Gasteiger partial charge in [-0.3, -0.25) is 0 Å². The molecule has 2 aliphatic carbocycles. The Morgan fingerprint density at radius 1 is 0.913 bits per heavy atom. The van der Waals surface area contributed by atoms with Crippen LogP contribution in [0.15, 0.2) is 0 Å². The lowest BCUT2D eigenvalue weighted by Crippen LogP contribution is -2.32. The maximum absolute atomic E-state index is 9.89. The molecule has 2 fully saturated rings. The van der Waals surface area contributed by atoms with E-state index in [4.69, 9.17) is 0 Å². The lowest BCUT2D eigenvalue weighted by Gasteiger charge is -2.41. The quantitative estimate of drug-likeness (QED) is 0.432. The smallest absolute Gasteiger partial charge is 0.0689 e. The van der Waals surface area contributed by atoms with Gasteiger partial charge in [0.1, 0.15) is 0 Å². The number of unbranched alkanes of at least 4 members (excludes halogenated alkanes) is 4.